The van der Waals surface area contributed by atoms with Crippen LogP contribution >= 0.6 is 15.9 Å². The molecule has 0 unspecified atom stereocenters. The molecule has 0 aliphatic carbocycles. The van der Waals surface area contributed by atoms with Crippen molar-refractivity contribution < 1.29 is 4.74 Å². The number of nitrogens with zero attached hydrogens (tertiary/aromatic N) is 1. The fourth-order valence-electron chi connectivity index (χ4n) is 2.08. The van der Waals surface area contributed by atoms with Crippen LogP contribution in [0.1, 0.15) is 13.8 Å². The molecule has 0 aliphatic heterocycles. The van der Waals surface area contributed by atoms with Gasteiger partial charge in [0.1, 0.15) is 11.6 Å². The molecule has 3 aromatic rings. The van der Waals surface area contributed by atoms with E-state index in [1.54, 1.807) is 0 Å². The maximum atomic E-state index is 5.79. The standard InChI is InChI=1S/C16H15BrN2O/c1-10(2)20-15-9-11(7-8-12(15)17)16-18-13-5-3-4-6-14(13)19-16/h3-10H,1-2H3,(H,18,19). The Bertz CT molecular complexity index is 716. The van der Waals surface area contributed by atoms with Crippen molar-refractivity contribution in [3.05, 3.63) is 46.9 Å². The second-order valence-electron chi connectivity index (χ2n) is 4.91. The summed E-state index contributed by atoms with van der Waals surface area (Å²) in [5.41, 5.74) is 3.02. The molecule has 102 valence electrons. The summed E-state index contributed by atoms with van der Waals surface area (Å²) in [5.74, 6) is 1.69. The lowest BCUT2D eigenvalue weighted by Crippen LogP contribution is -2.06. The van der Waals surface area contributed by atoms with Gasteiger partial charge in [-0.25, -0.2) is 4.98 Å². The van der Waals surface area contributed by atoms with Crippen LogP contribution in [-0.2, 0) is 0 Å². The summed E-state index contributed by atoms with van der Waals surface area (Å²) in [7, 11) is 0. The molecule has 0 bridgehead atoms. The fraction of sp³-hybridized carbons (Fsp3) is 0.188. The van der Waals surface area contributed by atoms with Gasteiger partial charge in [-0.3, -0.25) is 0 Å². The van der Waals surface area contributed by atoms with E-state index in [4.69, 9.17) is 4.74 Å². The summed E-state index contributed by atoms with van der Waals surface area (Å²) in [4.78, 5) is 7.94. The predicted octanol–water partition coefficient (Wildman–Crippen LogP) is 4.78. The molecule has 0 saturated carbocycles. The van der Waals surface area contributed by atoms with Gasteiger partial charge in [-0.1, -0.05) is 12.1 Å². The Morgan fingerprint density at radius 3 is 2.70 bits per heavy atom. The molecule has 1 N–H and O–H groups in total. The number of nitrogens with one attached hydrogen (secondary N) is 1. The Morgan fingerprint density at radius 1 is 1.15 bits per heavy atom. The highest BCUT2D eigenvalue weighted by molar-refractivity contribution is 9.10. The molecule has 3 rings (SSSR count). The number of benzene rings is 2. The first kappa shape index (κ1) is 13.2. The van der Waals surface area contributed by atoms with Crippen LogP contribution in [0.5, 0.6) is 5.75 Å². The van der Waals surface area contributed by atoms with E-state index >= 15 is 0 Å². The number of imidazole rings is 1. The fourth-order valence-corrected chi connectivity index (χ4v) is 2.42. The molecular weight excluding hydrogens is 316 g/mol. The lowest BCUT2D eigenvalue weighted by Gasteiger charge is -2.12. The van der Waals surface area contributed by atoms with Crippen molar-refractivity contribution in [2.45, 2.75) is 20.0 Å². The van der Waals surface area contributed by atoms with Crippen molar-refractivity contribution in [2.24, 2.45) is 0 Å². The second-order valence-corrected chi connectivity index (χ2v) is 5.77. The van der Waals surface area contributed by atoms with Crippen molar-refractivity contribution in [3.63, 3.8) is 0 Å². The van der Waals surface area contributed by atoms with Gasteiger partial charge in [0.15, 0.2) is 0 Å². The first-order chi connectivity index (χ1) is 9.63. The van der Waals surface area contributed by atoms with E-state index in [1.807, 2.05) is 56.3 Å². The smallest absolute Gasteiger partial charge is 0.138 e. The molecule has 0 amide bonds. The van der Waals surface area contributed by atoms with Crippen LogP contribution in [-0.4, -0.2) is 16.1 Å². The predicted molar refractivity (Wildman–Crippen MR) is 85.0 cm³/mol. The van der Waals surface area contributed by atoms with Crippen molar-refractivity contribution in [1.82, 2.24) is 9.97 Å². The summed E-state index contributed by atoms with van der Waals surface area (Å²) in [6.07, 6.45) is 0.136. The van der Waals surface area contributed by atoms with Crippen molar-refractivity contribution in [1.29, 1.82) is 0 Å². The number of hydrogen-bond donors (Lipinski definition) is 1. The SMILES string of the molecule is CC(C)Oc1cc(-c2nc3ccccc3[nH]2)ccc1Br. The van der Waals surface area contributed by atoms with E-state index in [0.29, 0.717) is 0 Å². The highest BCUT2D eigenvalue weighted by Crippen LogP contribution is 2.31. The second kappa shape index (κ2) is 5.29. The Balaban J connectivity index is 2.05. The van der Waals surface area contributed by atoms with Crippen molar-refractivity contribution in [2.75, 3.05) is 0 Å². The largest absolute Gasteiger partial charge is 0.490 e. The molecule has 3 nitrogen and oxygen atoms in total. The maximum absolute atomic E-state index is 5.79. The number of halogens is 1. The van der Waals surface area contributed by atoms with Crippen LogP contribution in [0, 0.1) is 0 Å². The van der Waals surface area contributed by atoms with Gasteiger partial charge in [-0.2, -0.15) is 0 Å². The van der Waals surface area contributed by atoms with E-state index in [9.17, 15) is 0 Å². The number of para-hydroxylation sites is 2. The lowest BCUT2D eigenvalue weighted by molar-refractivity contribution is 0.241. The number of ether oxygens (including phenoxy) is 1. The third-order valence-electron chi connectivity index (χ3n) is 2.96. The minimum absolute atomic E-state index is 0.136. The first-order valence-corrected chi connectivity index (χ1v) is 7.34. The number of rotatable bonds is 3. The third-order valence-corrected chi connectivity index (χ3v) is 3.61. The number of hydrogen-bond acceptors (Lipinski definition) is 2. The zero-order valence-corrected chi connectivity index (χ0v) is 12.9. The molecular formula is C16H15BrN2O. The molecule has 1 aromatic heterocycles. The summed E-state index contributed by atoms with van der Waals surface area (Å²) in [5, 5.41) is 0. The van der Waals surface area contributed by atoms with Gasteiger partial charge in [0, 0.05) is 5.56 Å². The lowest BCUT2D eigenvalue weighted by atomic mass is 10.2. The Morgan fingerprint density at radius 2 is 1.95 bits per heavy atom. The molecule has 0 radical (unpaired) electrons. The highest BCUT2D eigenvalue weighted by Gasteiger charge is 2.09. The van der Waals surface area contributed by atoms with Gasteiger partial charge in [-0.05, 0) is 60.1 Å². The van der Waals surface area contributed by atoms with Gasteiger partial charge in [0.2, 0.25) is 0 Å². The molecule has 2 aromatic carbocycles. The number of aromatic nitrogens is 2. The molecule has 0 fully saturated rings. The van der Waals surface area contributed by atoms with Crippen LogP contribution in [0.4, 0.5) is 0 Å². The molecule has 0 aliphatic rings. The minimum atomic E-state index is 0.136. The molecule has 0 saturated heterocycles. The van der Waals surface area contributed by atoms with Gasteiger partial charge < -0.3 is 9.72 Å². The molecule has 0 atom stereocenters. The summed E-state index contributed by atoms with van der Waals surface area (Å²) in [6.45, 7) is 4.03. The Kier molecular flexibility index (Phi) is 3.49. The number of H-pyrrole nitrogens is 1. The summed E-state index contributed by atoms with van der Waals surface area (Å²) < 4.78 is 6.74. The normalized spacial score (nSPS) is 11.2. The number of aromatic amines is 1. The van der Waals surface area contributed by atoms with Crippen LogP contribution in [0.15, 0.2) is 46.9 Å². The monoisotopic (exact) mass is 330 g/mol. The molecule has 0 spiro atoms. The van der Waals surface area contributed by atoms with Gasteiger partial charge >= 0.3 is 0 Å². The van der Waals surface area contributed by atoms with E-state index in [1.165, 1.54) is 0 Å². The van der Waals surface area contributed by atoms with Gasteiger partial charge in [0.05, 0.1) is 21.6 Å². The average Bonchev–Trinajstić information content (AvgIpc) is 2.84. The van der Waals surface area contributed by atoms with Crippen LogP contribution < -0.4 is 4.74 Å². The Hall–Kier alpha value is -1.81. The zero-order chi connectivity index (χ0) is 14.1. The first-order valence-electron chi connectivity index (χ1n) is 6.55. The van der Waals surface area contributed by atoms with E-state index < -0.39 is 0 Å². The van der Waals surface area contributed by atoms with Gasteiger partial charge in [-0.15, -0.1) is 0 Å². The topological polar surface area (TPSA) is 37.9 Å². The van der Waals surface area contributed by atoms with Crippen LogP contribution in [0.25, 0.3) is 22.4 Å². The molecule has 20 heavy (non-hydrogen) atoms. The van der Waals surface area contributed by atoms with E-state index in [0.717, 1.165) is 32.6 Å². The highest BCUT2D eigenvalue weighted by atomic mass is 79.9. The minimum Gasteiger partial charge on any atom is -0.490 e. The zero-order valence-electron chi connectivity index (χ0n) is 11.4. The third kappa shape index (κ3) is 2.56. The molecule has 4 heteroatoms. The summed E-state index contributed by atoms with van der Waals surface area (Å²) >= 11 is 3.51. The Labute approximate surface area is 126 Å². The quantitative estimate of drug-likeness (QED) is 0.750. The van der Waals surface area contributed by atoms with Crippen LogP contribution in [0.2, 0.25) is 0 Å². The number of fused-ring (bicyclic) bond motifs is 1. The maximum Gasteiger partial charge on any atom is 0.138 e. The molecule has 1 heterocycles. The average molecular weight is 331 g/mol. The van der Waals surface area contributed by atoms with Gasteiger partial charge in [0.25, 0.3) is 0 Å². The summed E-state index contributed by atoms with van der Waals surface area (Å²) in [6, 6.07) is 14.0. The van der Waals surface area contributed by atoms with Crippen LogP contribution in [0.3, 0.4) is 0 Å². The van der Waals surface area contributed by atoms with E-state index in [2.05, 4.69) is 25.9 Å². The van der Waals surface area contributed by atoms with Crippen molar-refractivity contribution >= 4 is 27.0 Å². The van der Waals surface area contributed by atoms with E-state index in [-0.39, 0.29) is 6.10 Å². The van der Waals surface area contributed by atoms with Crippen molar-refractivity contribution in [3.8, 4) is 17.1 Å².